The standard InChI is InChI=1S/C16H14BrNO3S/c1-22(20,21)18-14-5-3-2-4-13(14)16(19)10-15(18)11-6-8-12(17)9-7-11/h2-9,15H,10H2,1H3. The number of anilines is 1. The Morgan fingerprint density at radius 1 is 1.09 bits per heavy atom. The Balaban J connectivity index is 2.18. The summed E-state index contributed by atoms with van der Waals surface area (Å²) >= 11 is 3.36. The smallest absolute Gasteiger partial charge is 0.232 e. The van der Waals surface area contributed by atoms with Gasteiger partial charge in [0, 0.05) is 16.5 Å². The quantitative estimate of drug-likeness (QED) is 0.801. The monoisotopic (exact) mass is 379 g/mol. The molecule has 1 aliphatic heterocycles. The molecule has 1 heterocycles. The fourth-order valence-electron chi connectivity index (χ4n) is 2.79. The van der Waals surface area contributed by atoms with Crippen LogP contribution in [0.25, 0.3) is 0 Å². The first-order valence-electron chi connectivity index (χ1n) is 6.75. The van der Waals surface area contributed by atoms with Crippen LogP contribution in [0.3, 0.4) is 0 Å². The fraction of sp³-hybridized carbons (Fsp3) is 0.188. The lowest BCUT2D eigenvalue weighted by Gasteiger charge is -2.36. The molecule has 0 bridgehead atoms. The Morgan fingerprint density at radius 3 is 2.36 bits per heavy atom. The zero-order valence-corrected chi connectivity index (χ0v) is 14.3. The van der Waals surface area contributed by atoms with Crippen molar-refractivity contribution in [2.75, 3.05) is 10.6 Å². The molecule has 0 amide bonds. The Hall–Kier alpha value is -1.66. The lowest BCUT2D eigenvalue weighted by molar-refractivity contribution is 0.0969. The predicted octanol–water partition coefficient (Wildman–Crippen LogP) is 3.54. The van der Waals surface area contributed by atoms with Crippen LogP contribution in [0.5, 0.6) is 0 Å². The van der Waals surface area contributed by atoms with Gasteiger partial charge in [0.25, 0.3) is 0 Å². The number of ketones is 1. The Bertz CT molecular complexity index is 831. The maximum atomic E-state index is 12.4. The van der Waals surface area contributed by atoms with Crippen LogP contribution < -0.4 is 4.31 Å². The van der Waals surface area contributed by atoms with Crippen LogP contribution in [-0.4, -0.2) is 20.5 Å². The highest BCUT2D eigenvalue weighted by Crippen LogP contribution is 2.40. The molecule has 6 heteroatoms. The topological polar surface area (TPSA) is 54.5 Å². The van der Waals surface area contributed by atoms with E-state index in [1.165, 1.54) is 10.6 Å². The molecule has 0 saturated heterocycles. The van der Waals surface area contributed by atoms with Gasteiger partial charge in [-0.1, -0.05) is 40.2 Å². The van der Waals surface area contributed by atoms with Crippen LogP contribution in [0.15, 0.2) is 53.0 Å². The fourth-order valence-corrected chi connectivity index (χ4v) is 4.23. The highest BCUT2D eigenvalue weighted by molar-refractivity contribution is 9.10. The molecule has 0 aliphatic carbocycles. The minimum Gasteiger partial charge on any atom is -0.294 e. The molecule has 0 aromatic heterocycles. The van der Waals surface area contributed by atoms with Crippen LogP contribution in [0.1, 0.15) is 28.4 Å². The third-order valence-electron chi connectivity index (χ3n) is 3.72. The number of nitrogens with zero attached hydrogens (tertiary/aromatic N) is 1. The van der Waals surface area contributed by atoms with E-state index in [2.05, 4.69) is 15.9 Å². The molecule has 0 N–H and O–H groups in total. The summed E-state index contributed by atoms with van der Waals surface area (Å²) in [6.45, 7) is 0. The van der Waals surface area contributed by atoms with E-state index >= 15 is 0 Å². The lowest BCUT2D eigenvalue weighted by atomic mass is 9.92. The summed E-state index contributed by atoms with van der Waals surface area (Å²) in [6, 6.07) is 13.7. The zero-order chi connectivity index (χ0) is 15.9. The summed E-state index contributed by atoms with van der Waals surface area (Å²) in [5.74, 6) is -0.0385. The molecule has 1 unspecified atom stereocenters. The first kappa shape index (κ1) is 15.2. The Labute approximate surface area is 137 Å². The van der Waals surface area contributed by atoms with Crippen LogP contribution in [0.2, 0.25) is 0 Å². The maximum absolute atomic E-state index is 12.4. The molecule has 3 rings (SSSR count). The molecule has 1 atom stereocenters. The summed E-state index contributed by atoms with van der Waals surface area (Å²) < 4.78 is 26.9. The van der Waals surface area contributed by atoms with Crippen molar-refractivity contribution < 1.29 is 13.2 Å². The van der Waals surface area contributed by atoms with Crippen molar-refractivity contribution in [3.8, 4) is 0 Å². The van der Waals surface area contributed by atoms with E-state index in [9.17, 15) is 13.2 Å². The van der Waals surface area contributed by atoms with Gasteiger partial charge in [-0.15, -0.1) is 0 Å². The van der Waals surface area contributed by atoms with Gasteiger partial charge in [0.1, 0.15) is 0 Å². The van der Waals surface area contributed by atoms with E-state index in [1.807, 2.05) is 24.3 Å². The number of carbonyl (C=O) groups excluding carboxylic acids is 1. The van der Waals surface area contributed by atoms with E-state index in [-0.39, 0.29) is 12.2 Å². The molecule has 4 nitrogen and oxygen atoms in total. The van der Waals surface area contributed by atoms with Gasteiger partial charge in [-0.2, -0.15) is 0 Å². The van der Waals surface area contributed by atoms with Gasteiger partial charge in [0.15, 0.2) is 5.78 Å². The van der Waals surface area contributed by atoms with Gasteiger partial charge in [0.2, 0.25) is 10.0 Å². The van der Waals surface area contributed by atoms with Crippen LogP contribution in [0.4, 0.5) is 5.69 Å². The summed E-state index contributed by atoms with van der Waals surface area (Å²) in [7, 11) is -3.50. The third kappa shape index (κ3) is 2.68. The zero-order valence-electron chi connectivity index (χ0n) is 11.9. The Kier molecular flexibility index (Phi) is 3.82. The molecule has 0 fully saturated rings. The minimum absolute atomic E-state index is 0.0385. The van der Waals surface area contributed by atoms with Crippen molar-refractivity contribution in [1.82, 2.24) is 0 Å². The van der Waals surface area contributed by atoms with Gasteiger partial charge < -0.3 is 0 Å². The number of sulfonamides is 1. The second-order valence-electron chi connectivity index (χ2n) is 5.27. The normalized spacial score (nSPS) is 18.2. The number of para-hydroxylation sites is 1. The van der Waals surface area contributed by atoms with E-state index in [1.54, 1.807) is 24.3 Å². The van der Waals surface area contributed by atoms with Gasteiger partial charge in [0.05, 0.1) is 18.0 Å². The minimum atomic E-state index is -3.50. The second kappa shape index (κ2) is 5.52. The molecule has 2 aromatic carbocycles. The highest BCUT2D eigenvalue weighted by Gasteiger charge is 2.37. The van der Waals surface area contributed by atoms with Crippen molar-refractivity contribution in [2.24, 2.45) is 0 Å². The predicted molar refractivity (Wildman–Crippen MR) is 89.6 cm³/mol. The van der Waals surface area contributed by atoms with E-state index in [0.717, 1.165) is 10.0 Å². The molecule has 0 saturated carbocycles. The highest BCUT2D eigenvalue weighted by atomic mass is 79.9. The molecular weight excluding hydrogens is 366 g/mol. The largest absolute Gasteiger partial charge is 0.294 e. The average Bonchev–Trinajstić information content (AvgIpc) is 2.46. The number of Topliss-reactive ketones (excluding diaryl/α,β-unsaturated/α-hetero) is 1. The lowest BCUT2D eigenvalue weighted by Crippen LogP contribution is -2.39. The summed E-state index contributed by atoms with van der Waals surface area (Å²) in [5, 5.41) is 0. The summed E-state index contributed by atoms with van der Waals surface area (Å²) in [4.78, 5) is 12.4. The SMILES string of the molecule is CS(=O)(=O)N1c2ccccc2C(=O)CC1c1ccc(Br)cc1. The molecule has 114 valence electrons. The molecule has 22 heavy (non-hydrogen) atoms. The maximum Gasteiger partial charge on any atom is 0.232 e. The van der Waals surface area contributed by atoms with E-state index in [0.29, 0.717) is 11.3 Å². The Morgan fingerprint density at radius 2 is 1.73 bits per heavy atom. The van der Waals surface area contributed by atoms with E-state index < -0.39 is 16.1 Å². The molecule has 0 radical (unpaired) electrons. The summed E-state index contributed by atoms with van der Waals surface area (Å²) in [6.07, 6.45) is 1.32. The van der Waals surface area contributed by atoms with Crippen molar-refractivity contribution in [3.63, 3.8) is 0 Å². The van der Waals surface area contributed by atoms with Gasteiger partial charge in [-0.25, -0.2) is 8.42 Å². The molecular formula is C16H14BrNO3S. The third-order valence-corrected chi connectivity index (χ3v) is 5.41. The summed E-state index contributed by atoms with van der Waals surface area (Å²) in [5.41, 5.74) is 1.71. The number of hydrogen-bond donors (Lipinski definition) is 0. The number of fused-ring (bicyclic) bond motifs is 1. The van der Waals surface area contributed by atoms with Crippen molar-refractivity contribution >= 4 is 37.4 Å². The number of halogens is 1. The van der Waals surface area contributed by atoms with Crippen LogP contribution in [-0.2, 0) is 10.0 Å². The van der Waals surface area contributed by atoms with E-state index in [4.69, 9.17) is 0 Å². The van der Waals surface area contributed by atoms with Crippen LogP contribution in [0, 0.1) is 0 Å². The number of carbonyl (C=O) groups is 1. The average molecular weight is 380 g/mol. The first-order valence-corrected chi connectivity index (χ1v) is 9.39. The molecule has 0 spiro atoms. The first-order chi connectivity index (χ1) is 10.4. The second-order valence-corrected chi connectivity index (χ2v) is 8.05. The number of hydrogen-bond acceptors (Lipinski definition) is 3. The molecule has 2 aromatic rings. The number of rotatable bonds is 2. The van der Waals surface area contributed by atoms with Crippen molar-refractivity contribution in [1.29, 1.82) is 0 Å². The van der Waals surface area contributed by atoms with Gasteiger partial charge in [-0.05, 0) is 29.8 Å². The molecule has 1 aliphatic rings. The van der Waals surface area contributed by atoms with Crippen LogP contribution >= 0.6 is 15.9 Å². The number of benzene rings is 2. The van der Waals surface area contributed by atoms with Gasteiger partial charge in [-0.3, -0.25) is 9.10 Å². The van der Waals surface area contributed by atoms with Gasteiger partial charge >= 0.3 is 0 Å². The van der Waals surface area contributed by atoms with Crippen molar-refractivity contribution in [3.05, 3.63) is 64.1 Å². The van der Waals surface area contributed by atoms with Crippen molar-refractivity contribution in [2.45, 2.75) is 12.5 Å².